The summed E-state index contributed by atoms with van der Waals surface area (Å²) in [7, 11) is 0. The molecule has 1 aliphatic heterocycles. The number of hydrogen-bond donors (Lipinski definition) is 0. The van der Waals surface area contributed by atoms with Crippen molar-refractivity contribution >= 4 is 23.2 Å². The molecule has 0 spiro atoms. The van der Waals surface area contributed by atoms with E-state index >= 15 is 0 Å². The molecule has 1 aliphatic rings. The fraction of sp³-hybridized carbons (Fsp3) is 0.250. The van der Waals surface area contributed by atoms with Crippen molar-refractivity contribution in [2.24, 2.45) is 5.92 Å². The van der Waals surface area contributed by atoms with Crippen LogP contribution in [0.5, 0.6) is 5.75 Å². The summed E-state index contributed by atoms with van der Waals surface area (Å²) in [6.07, 6.45) is 1.05. The van der Waals surface area contributed by atoms with Crippen molar-refractivity contribution in [2.75, 3.05) is 0 Å². The average molecular weight is 293 g/mol. The monoisotopic (exact) mass is 292 g/mol. The van der Waals surface area contributed by atoms with Gasteiger partial charge in [-0.15, -0.1) is 0 Å². The molecule has 0 aromatic heterocycles. The zero-order valence-electron chi connectivity index (χ0n) is 10.6. The lowest BCUT2D eigenvalue weighted by Gasteiger charge is -2.32. The quantitative estimate of drug-likeness (QED) is 0.692. The molecule has 0 aliphatic carbocycles. The van der Waals surface area contributed by atoms with E-state index in [0.717, 1.165) is 27.8 Å². The third-order valence-electron chi connectivity index (χ3n) is 3.53. The third-order valence-corrected chi connectivity index (χ3v) is 4.02. The summed E-state index contributed by atoms with van der Waals surface area (Å²) in [5.74, 6) is 1.34. The summed E-state index contributed by atoms with van der Waals surface area (Å²) in [6, 6.07) is 13.7. The molecule has 0 bridgehead atoms. The highest BCUT2D eigenvalue weighted by atomic mass is 35.5. The predicted octanol–water partition coefficient (Wildman–Crippen LogP) is 5.31. The molecule has 0 N–H and O–H groups in total. The van der Waals surface area contributed by atoms with Crippen LogP contribution in [0.3, 0.4) is 0 Å². The molecule has 98 valence electrons. The molecule has 1 heterocycles. The number of hydrogen-bond acceptors (Lipinski definition) is 1. The normalized spacial score (nSPS) is 21.6. The van der Waals surface area contributed by atoms with E-state index in [9.17, 15) is 0 Å². The van der Waals surface area contributed by atoms with Gasteiger partial charge in [-0.2, -0.15) is 0 Å². The Morgan fingerprint density at radius 3 is 2.42 bits per heavy atom. The van der Waals surface area contributed by atoms with E-state index in [2.05, 4.69) is 6.92 Å². The van der Waals surface area contributed by atoms with E-state index in [1.807, 2.05) is 42.5 Å². The molecule has 1 nitrogen and oxygen atoms in total. The second kappa shape index (κ2) is 5.07. The van der Waals surface area contributed by atoms with Gasteiger partial charge in [-0.05, 0) is 47.9 Å². The Labute approximate surface area is 123 Å². The first kappa shape index (κ1) is 12.8. The minimum Gasteiger partial charge on any atom is -0.485 e. The first-order valence-electron chi connectivity index (χ1n) is 6.34. The molecule has 2 atom stereocenters. The Morgan fingerprint density at radius 2 is 1.68 bits per heavy atom. The van der Waals surface area contributed by atoms with Crippen LogP contribution < -0.4 is 4.74 Å². The second-order valence-corrected chi connectivity index (χ2v) is 5.90. The van der Waals surface area contributed by atoms with Crippen molar-refractivity contribution in [2.45, 2.75) is 19.4 Å². The summed E-state index contributed by atoms with van der Waals surface area (Å²) < 4.78 is 6.12. The SMILES string of the molecule is C[C@@H]1Cc2cc(Cl)ccc2O[C@@H]1c1ccc(Cl)cc1. The molecule has 0 unspecified atom stereocenters. The summed E-state index contributed by atoms with van der Waals surface area (Å²) in [6.45, 7) is 2.20. The third kappa shape index (κ3) is 2.58. The fourth-order valence-electron chi connectivity index (χ4n) is 2.58. The van der Waals surface area contributed by atoms with Gasteiger partial charge in [-0.3, -0.25) is 0 Å². The van der Waals surface area contributed by atoms with Crippen molar-refractivity contribution < 1.29 is 4.74 Å². The Balaban J connectivity index is 1.93. The molecule has 0 saturated heterocycles. The maximum atomic E-state index is 6.12. The van der Waals surface area contributed by atoms with E-state index in [-0.39, 0.29) is 6.10 Å². The summed E-state index contributed by atoms with van der Waals surface area (Å²) in [5, 5.41) is 1.51. The van der Waals surface area contributed by atoms with Gasteiger partial charge in [0.05, 0.1) is 0 Å². The van der Waals surface area contributed by atoms with Crippen LogP contribution in [0.1, 0.15) is 24.2 Å². The van der Waals surface area contributed by atoms with Gasteiger partial charge in [0.15, 0.2) is 0 Å². The van der Waals surface area contributed by atoms with Crippen LogP contribution in [0.2, 0.25) is 10.0 Å². The van der Waals surface area contributed by atoms with Crippen molar-refractivity contribution in [3.8, 4) is 5.75 Å². The lowest BCUT2D eigenvalue weighted by molar-refractivity contribution is 0.123. The van der Waals surface area contributed by atoms with Crippen LogP contribution in [0.25, 0.3) is 0 Å². The largest absolute Gasteiger partial charge is 0.485 e. The van der Waals surface area contributed by atoms with Crippen molar-refractivity contribution in [3.05, 3.63) is 63.6 Å². The van der Waals surface area contributed by atoms with Crippen LogP contribution in [0.4, 0.5) is 0 Å². The molecule has 0 amide bonds. The highest BCUT2D eigenvalue weighted by Gasteiger charge is 2.28. The zero-order chi connectivity index (χ0) is 13.4. The summed E-state index contributed by atoms with van der Waals surface area (Å²) in [4.78, 5) is 0. The number of benzene rings is 2. The maximum Gasteiger partial charge on any atom is 0.127 e. The summed E-state index contributed by atoms with van der Waals surface area (Å²) >= 11 is 12.0. The zero-order valence-corrected chi connectivity index (χ0v) is 12.1. The van der Waals surface area contributed by atoms with Crippen LogP contribution in [0.15, 0.2) is 42.5 Å². The Morgan fingerprint density at radius 1 is 1.00 bits per heavy atom. The summed E-state index contributed by atoms with van der Waals surface area (Å²) in [5.41, 5.74) is 2.35. The van der Waals surface area contributed by atoms with Gasteiger partial charge in [0.1, 0.15) is 11.9 Å². The van der Waals surface area contributed by atoms with Crippen LogP contribution >= 0.6 is 23.2 Å². The fourth-order valence-corrected chi connectivity index (χ4v) is 2.90. The second-order valence-electron chi connectivity index (χ2n) is 5.02. The van der Waals surface area contributed by atoms with Gasteiger partial charge >= 0.3 is 0 Å². The van der Waals surface area contributed by atoms with Crippen molar-refractivity contribution in [3.63, 3.8) is 0 Å². The standard InChI is InChI=1S/C16H14Cl2O/c1-10-8-12-9-14(18)6-7-15(12)19-16(10)11-2-4-13(17)5-3-11/h2-7,9-10,16H,8H2,1H3/t10-,16+/m1/s1. The maximum absolute atomic E-state index is 6.12. The van der Waals surface area contributed by atoms with Crippen molar-refractivity contribution in [1.82, 2.24) is 0 Å². The molecule has 2 aromatic rings. The number of halogens is 2. The first-order chi connectivity index (χ1) is 9.13. The Kier molecular flexibility index (Phi) is 3.42. The molecule has 0 fully saturated rings. The number of fused-ring (bicyclic) bond motifs is 1. The molecule has 2 aromatic carbocycles. The smallest absolute Gasteiger partial charge is 0.127 e. The Bertz CT molecular complexity index is 592. The lowest BCUT2D eigenvalue weighted by atomic mass is 9.88. The Hall–Kier alpha value is -1.18. The molecular weight excluding hydrogens is 279 g/mol. The van der Waals surface area contributed by atoms with Gasteiger partial charge in [-0.25, -0.2) is 0 Å². The lowest BCUT2D eigenvalue weighted by Crippen LogP contribution is -2.23. The molecule has 0 saturated carbocycles. The number of ether oxygens (including phenoxy) is 1. The topological polar surface area (TPSA) is 9.23 Å². The van der Waals surface area contributed by atoms with Crippen LogP contribution in [-0.2, 0) is 6.42 Å². The van der Waals surface area contributed by atoms with Gasteiger partial charge in [0.25, 0.3) is 0 Å². The van der Waals surface area contributed by atoms with E-state index in [1.54, 1.807) is 0 Å². The highest BCUT2D eigenvalue weighted by Crippen LogP contribution is 2.39. The molecule has 0 radical (unpaired) electrons. The minimum atomic E-state index is 0.0749. The highest BCUT2D eigenvalue weighted by molar-refractivity contribution is 6.30. The van der Waals surface area contributed by atoms with E-state index in [0.29, 0.717) is 5.92 Å². The minimum absolute atomic E-state index is 0.0749. The first-order valence-corrected chi connectivity index (χ1v) is 7.09. The van der Waals surface area contributed by atoms with Gasteiger partial charge in [0.2, 0.25) is 0 Å². The van der Waals surface area contributed by atoms with E-state index < -0.39 is 0 Å². The van der Waals surface area contributed by atoms with Crippen LogP contribution in [0, 0.1) is 5.92 Å². The van der Waals surface area contributed by atoms with Gasteiger partial charge < -0.3 is 4.74 Å². The molecule has 3 heteroatoms. The predicted molar refractivity (Wildman–Crippen MR) is 79.1 cm³/mol. The van der Waals surface area contributed by atoms with Gasteiger partial charge in [0, 0.05) is 16.0 Å². The number of rotatable bonds is 1. The van der Waals surface area contributed by atoms with Crippen molar-refractivity contribution in [1.29, 1.82) is 0 Å². The molecular formula is C16H14Cl2O. The van der Waals surface area contributed by atoms with E-state index in [4.69, 9.17) is 27.9 Å². The molecule has 3 rings (SSSR count). The van der Waals surface area contributed by atoms with Crippen LogP contribution in [-0.4, -0.2) is 0 Å². The average Bonchev–Trinajstić information content (AvgIpc) is 2.39. The molecule has 19 heavy (non-hydrogen) atoms. The van der Waals surface area contributed by atoms with Gasteiger partial charge in [-0.1, -0.05) is 42.3 Å². The van der Waals surface area contributed by atoms with E-state index in [1.165, 1.54) is 5.56 Å².